The van der Waals surface area contributed by atoms with Gasteiger partial charge >= 0.3 is 8.80 Å². The second-order valence-corrected chi connectivity index (χ2v) is 7.05. The molecule has 0 aromatic carbocycles. The third-order valence-electron chi connectivity index (χ3n) is 2.30. The van der Waals surface area contributed by atoms with Crippen LogP contribution in [-0.2, 0) is 13.3 Å². The molecule has 0 aliphatic rings. The van der Waals surface area contributed by atoms with E-state index in [1.54, 1.807) is 0 Å². The summed E-state index contributed by atoms with van der Waals surface area (Å²) in [7, 11) is -2.64. The molecular formula is C11H24O3Si. The smallest absolute Gasteiger partial charge is 0.373 e. The van der Waals surface area contributed by atoms with Gasteiger partial charge in [0, 0.05) is 19.8 Å². The van der Waals surface area contributed by atoms with Crippen LogP contribution in [0.1, 0.15) is 34.6 Å². The van der Waals surface area contributed by atoms with Crippen molar-refractivity contribution in [2.45, 2.75) is 39.7 Å². The highest BCUT2D eigenvalue weighted by molar-refractivity contribution is 6.64. The molecule has 0 spiro atoms. The summed E-state index contributed by atoms with van der Waals surface area (Å²) in [6.07, 6.45) is 1.86. The normalized spacial score (nSPS) is 12.9. The van der Waals surface area contributed by atoms with Gasteiger partial charge in [0.25, 0.3) is 0 Å². The minimum atomic E-state index is -2.64. The van der Waals surface area contributed by atoms with Gasteiger partial charge in [-0.1, -0.05) is 19.9 Å². The molecule has 0 fully saturated rings. The van der Waals surface area contributed by atoms with E-state index in [0.29, 0.717) is 19.8 Å². The predicted molar refractivity (Wildman–Crippen MR) is 64.9 cm³/mol. The van der Waals surface area contributed by atoms with Crippen LogP contribution in [0.15, 0.2) is 12.7 Å². The molecule has 0 aliphatic heterocycles. The summed E-state index contributed by atoms with van der Waals surface area (Å²) in [4.78, 5) is 0. The molecule has 3 nitrogen and oxygen atoms in total. The summed E-state index contributed by atoms with van der Waals surface area (Å²) < 4.78 is 17.4. The molecule has 0 amide bonds. The molecule has 0 aliphatic carbocycles. The van der Waals surface area contributed by atoms with E-state index >= 15 is 0 Å². The molecule has 0 saturated carbocycles. The summed E-state index contributed by atoms with van der Waals surface area (Å²) in [5.74, 6) is 0. The van der Waals surface area contributed by atoms with Gasteiger partial charge in [-0.3, -0.25) is 0 Å². The maximum absolute atomic E-state index is 5.79. The van der Waals surface area contributed by atoms with Crippen molar-refractivity contribution in [1.82, 2.24) is 0 Å². The van der Waals surface area contributed by atoms with Crippen LogP contribution in [0.25, 0.3) is 0 Å². The third kappa shape index (κ3) is 3.41. The van der Waals surface area contributed by atoms with Crippen LogP contribution in [0.4, 0.5) is 0 Å². The fourth-order valence-corrected chi connectivity index (χ4v) is 4.13. The van der Waals surface area contributed by atoms with Gasteiger partial charge in [-0.2, -0.15) is 0 Å². The fourth-order valence-electron chi connectivity index (χ4n) is 1.38. The van der Waals surface area contributed by atoms with Crippen molar-refractivity contribution in [3.8, 4) is 0 Å². The third-order valence-corrected chi connectivity index (χ3v) is 6.09. The van der Waals surface area contributed by atoms with Crippen LogP contribution in [0.3, 0.4) is 0 Å². The topological polar surface area (TPSA) is 27.7 Å². The van der Waals surface area contributed by atoms with Gasteiger partial charge in [0.05, 0.1) is 5.04 Å². The van der Waals surface area contributed by atoms with Gasteiger partial charge in [-0.05, 0) is 20.8 Å². The average Bonchev–Trinajstić information content (AvgIpc) is 2.18. The molecule has 0 unspecified atom stereocenters. The number of rotatable bonds is 8. The second-order valence-electron chi connectivity index (χ2n) is 3.78. The summed E-state index contributed by atoms with van der Waals surface area (Å²) >= 11 is 0. The monoisotopic (exact) mass is 232 g/mol. The number of hydrogen-bond donors (Lipinski definition) is 0. The lowest BCUT2D eigenvalue weighted by Crippen LogP contribution is -2.53. The molecule has 0 bridgehead atoms. The lowest BCUT2D eigenvalue weighted by atomic mass is 10.2. The summed E-state index contributed by atoms with van der Waals surface area (Å²) in [5.41, 5.74) is 0. The van der Waals surface area contributed by atoms with Crippen molar-refractivity contribution < 1.29 is 13.3 Å². The first-order chi connectivity index (χ1) is 6.99. The maximum Gasteiger partial charge on any atom is 0.510 e. The molecule has 0 N–H and O–H groups in total. The quantitative estimate of drug-likeness (QED) is 0.475. The Bertz CT molecular complexity index is 175. The summed E-state index contributed by atoms with van der Waals surface area (Å²) in [6, 6.07) is 0. The van der Waals surface area contributed by atoms with Crippen molar-refractivity contribution in [3.05, 3.63) is 12.7 Å². The van der Waals surface area contributed by atoms with Crippen molar-refractivity contribution in [1.29, 1.82) is 0 Å². The van der Waals surface area contributed by atoms with Crippen molar-refractivity contribution in [2.75, 3.05) is 19.8 Å². The Morgan fingerprint density at radius 1 is 1.00 bits per heavy atom. The average molecular weight is 232 g/mol. The van der Waals surface area contributed by atoms with Crippen LogP contribution in [-0.4, -0.2) is 28.6 Å². The Labute approximate surface area is 94.8 Å². The predicted octanol–water partition coefficient (Wildman–Crippen LogP) is 3.00. The zero-order valence-electron chi connectivity index (χ0n) is 10.6. The standard InChI is InChI=1S/C11H24O3Si/c1-7-11(5,6)15(12-8-2,13-9-3)14-10-4/h7H,1,8-10H2,2-6H3. The van der Waals surface area contributed by atoms with Gasteiger partial charge in [0.1, 0.15) is 0 Å². The van der Waals surface area contributed by atoms with E-state index in [1.165, 1.54) is 0 Å². The molecular weight excluding hydrogens is 208 g/mol. The molecule has 0 aromatic heterocycles. The molecule has 90 valence electrons. The van der Waals surface area contributed by atoms with E-state index in [-0.39, 0.29) is 5.04 Å². The number of hydrogen-bond acceptors (Lipinski definition) is 3. The van der Waals surface area contributed by atoms with Gasteiger partial charge in [0.2, 0.25) is 0 Å². The minimum Gasteiger partial charge on any atom is -0.373 e. The Kier molecular flexibility index (Phi) is 6.36. The number of allylic oxidation sites excluding steroid dienone is 1. The van der Waals surface area contributed by atoms with Crippen LogP contribution < -0.4 is 0 Å². The molecule has 15 heavy (non-hydrogen) atoms. The van der Waals surface area contributed by atoms with Gasteiger partial charge in [-0.15, -0.1) is 6.58 Å². The Balaban J connectivity index is 4.99. The highest BCUT2D eigenvalue weighted by atomic mass is 28.4. The Morgan fingerprint density at radius 2 is 1.33 bits per heavy atom. The first-order valence-electron chi connectivity index (χ1n) is 5.55. The lowest BCUT2D eigenvalue weighted by Gasteiger charge is -2.38. The van der Waals surface area contributed by atoms with E-state index in [9.17, 15) is 0 Å². The van der Waals surface area contributed by atoms with E-state index in [1.807, 2.05) is 40.7 Å². The van der Waals surface area contributed by atoms with Crippen LogP contribution in [0.5, 0.6) is 0 Å². The molecule has 4 heteroatoms. The largest absolute Gasteiger partial charge is 0.510 e. The highest BCUT2D eigenvalue weighted by Crippen LogP contribution is 2.40. The van der Waals surface area contributed by atoms with Crippen LogP contribution >= 0.6 is 0 Å². The van der Waals surface area contributed by atoms with E-state index in [4.69, 9.17) is 13.3 Å². The van der Waals surface area contributed by atoms with Gasteiger partial charge in [0.15, 0.2) is 0 Å². The van der Waals surface area contributed by atoms with Crippen LogP contribution in [0.2, 0.25) is 5.04 Å². The lowest BCUT2D eigenvalue weighted by molar-refractivity contribution is 0.0550. The molecule has 0 heterocycles. The first kappa shape index (κ1) is 14.8. The summed E-state index contributed by atoms with van der Waals surface area (Å²) in [6.45, 7) is 15.6. The summed E-state index contributed by atoms with van der Waals surface area (Å²) in [5, 5.41) is -0.255. The van der Waals surface area contributed by atoms with E-state index in [0.717, 1.165) is 0 Å². The zero-order valence-corrected chi connectivity index (χ0v) is 11.6. The minimum absolute atomic E-state index is 0.255. The molecule has 0 radical (unpaired) electrons. The molecule has 0 saturated heterocycles. The SMILES string of the molecule is C=CC(C)(C)[Si](OCC)(OCC)OCC. The van der Waals surface area contributed by atoms with Crippen molar-refractivity contribution in [3.63, 3.8) is 0 Å². The molecule has 0 rings (SSSR count). The van der Waals surface area contributed by atoms with Gasteiger partial charge in [-0.25, -0.2) is 0 Å². The van der Waals surface area contributed by atoms with E-state index < -0.39 is 8.80 Å². The van der Waals surface area contributed by atoms with E-state index in [2.05, 4.69) is 6.58 Å². The first-order valence-corrected chi connectivity index (χ1v) is 7.27. The maximum atomic E-state index is 5.79. The molecule has 0 atom stereocenters. The van der Waals surface area contributed by atoms with Crippen molar-refractivity contribution in [2.24, 2.45) is 0 Å². The second kappa shape index (κ2) is 6.43. The molecule has 0 aromatic rings. The van der Waals surface area contributed by atoms with Gasteiger partial charge < -0.3 is 13.3 Å². The Morgan fingerprint density at radius 3 is 1.53 bits per heavy atom. The fraction of sp³-hybridized carbons (Fsp3) is 0.818. The Hall–Kier alpha value is -0.163. The highest BCUT2D eigenvalue weighted by Gasteiger charge is 2.53. The van der Waals surface area contributed by atoms with Crippen molar-refractivity contribution >= 4 is 8.80 Å². The van der Waals surface area contributed by atoms with Crippen LogP contribution in [0, 0.1) is 0 Å². The zero-order chi connectivity index (χ0) is 11.9.